The largest absolute Gasteiger partial charge is 0.411 e. The van der Waals surface area contributed by atoms with Crippen molar-refractivity contribution in [3.05, 3.63) is 77.9 Å². The highest BCUT2D eigenvalue weighted by Crippen LogP contribution is 2.09. The van der Waals surface area contributed by atoms with Crippen molar-refractivity contribution in [2.24, 2.45) is 5.16 Å². The third-order valence-electron chi connectivity index (χ3n) is 2.94. The van der Waals surface area contributed by atoms with Crippen molar-refractivity contribution in [3.8, 4) is 0 Å². The van der Waals surface area contributed by atoms with Gasteiger partial charge in [-0.1, -0.05) is 78.0 Å². The zero-order valence-corrected chi connectivity index (χ0v) is 11.1. The summed E-state index contributed by atoms with van der Waals surface area (Å²) in [6, 6.07) is 19.1. The van der Waals surface area contributed by atoms with E-state index < -0.39 is 6.10 Å². The molecule has 0 aliphatic rings. The molecule has 2 N–H and O–H groups in total. The molecule has 0 saturated carbocycles. The van der Waals surface area contributed by atoms with Gasteiger partial charge in [0.05, 0.1) is 11.8 Å². The highest BCUT2D eigenvalue weighted by Gasteiger charge is 2.08. The first kappa shape index (κ1) is 14.0. The number of oxime groups is 1. The number of rotatable bonds is 5. The SMILES string of the molecule is O/N=C(\CC(O)/C=C/c1ccccc1)c1ccccc1. The Kier molecular flexibility index (Phi) is 5.09. The van der Waals surface area contributed by atoms with E-state index in [2.05, 4.69) is 5.16 Å². The van der Waals surface area contributed by atoms with Crippen LogP contribution < -0.4 is 0 Å². The highest BCUT2D eigenvalue weighted by atomic mass is 16.4. The molecule has 0 amide bonds. The maximum Gasteiger partial charge on any atom is 0.0896 e. The predicted molar refractivity (Wildman–Crippen MR) is 80.9 cm³/mol. The van der Waals surface area contributed by atoms with Crippen LogP contribution in [0.25, 0.3) is 6.08 Å². The lowest BCUT2D eigenvalue weighted by Crippen LogP contribution is -2.12. The molecule has 0 aliphatic carbocycles. The molecule has 0 aromatic heterocycles. The molecule has 0 radical (unpaired) electrons. The summed E-state index contributed by atoms with van der Waals surface area (Å²) in [4.78, 5) is 0. The Bertz CT molecular complexity index is 576. The topological polar surface area (TPSA) is 52.8 Å². The van der Waals surface area contributed by atoms with Gasteiger partial charge in [0.25, 0.3) is 0 Å². The monoisotopic (exact) mass is 267 g/mol. The average Bonchev–Trinajstić information content (AvgIpc) is 2.52. The molecule has 2 aromatic carbocycles. The summed E-state index contributed by atoms with van der Waals surface area (Å²) < 4.78 is 0. The lowest BCUT2D eigenvalue weighted by molar-refractivity contribution is 0.229. The van der Waals surface area contributed by atoms with Crippen LogP contribution in [0.4, 0.5) is 0 Å². The Hall–Kier alpha value is -2.39. The molecule has 1 atom stereocenters. The molecule has 0 bridgehead atoms. The van der Waals surface area contributed by atoms with Gasteiger partial charge in [-0.25, -0.2) is 0 Å². The van der Waals surface area contributed by atoms with Crippen LogP contribution in [0, 0.1) is 0 Å². The predicted octanol–water partition coefficient (Wildman–Crippen LogP) is 3.33. The van der Waals surface area contributed by atoms with Crippen molar-refractivity contribution in [2.75, 3.05) is 0 Å². The molecule has 1 unspecified atom stereocenters. The van der Waals surface area contributed by atoms with Crippen LogP contribution in [0.2, 0.25) is 0 Å². The summed E-state index contributed by atoms with van der Waals surface area (Å²) in [5.74, 6) is 0. The maximum atomic E-state index is 9.99. The van der Waals surface area contributed by atoms with Crippen molar-refractivity contribution in [3.63, 3.8) is 0 Å². The average molecular weight is 267 g/mol. The van der Waals surface area contributed by atoms with Crippen LogP contribution in [0.5, 0.6) is 0 Å². The number of aliphatic hydroxyl groups excluding tert-OH is 1. The minimum atomic E-state index is -0.693. The first-order valence-corrected chi connectivity index (χ1v) is 6.47. The summed E-state index contributed by atoms with van der Waals surface area (Å²) in [7, 11) is 0. The van der Waals surface area contributed by atoms with Crippen LogP contribution in [-0.2, 0) is 0 Å². The van der Waals surface area contributed by atoms with E-state index in [-0.39, 0.29) is 6.42 Å². The standard InChI is InChI=1S/C17H17NO2/c19-16(12-11-14-7-3-1-4-8-14)13-17(18-20)15-9-5-2-6-10-15/h1-12,16,19-20H,13H2/b12-11+,18-17+. The number of benzene rings is 2. The molecule has 0 fully saturated rings. The first-order valence-electron chi connectivity index (χ1n) is 6.47. The summed E-state index contributed by atoms with van der Waals surface area (Å²) >= 11 is 0. The van der Waals surface area contributed by atoms with E-state index in [1.54, 1.807) is 6.08 Å². The molecule has 0 spiro atoms. The summed E-state index contributed by atoms with van der Waals surface area (Å²) in [5.41, 5.74) is 2.30. The molecular weight excluding hydrogens is 250 g/mol. The number of hydrogen-bond acceptors (Lipinski definition) is 3. The van der Waals surface area contributed by atoms with Gasteiger partial charge < -0.3 is 10.3 Å². The van der Waals surface area contributed by atoms with Gasteiger partial charge in [0.2, 0.25) is 0 Å². The molecule has 3 heteroatoms. The molecular formula is C17H17NO2. The summed E-state index contributed by atoms with van der Waals surface area (Å²) in [6.07, 6.45) is 3.12. The normalized spacial score (nSPS) is 13.6. The van der Waals surface area contributed by atoms with Crippen molar-refractivity contribution in [1.82, 2.24) is 0 Å². The van der Waals surface area contributed by atoms with Crippen LogP contribution in [0.15, 0.2) is 71.9 Å². The second kappa shape index (κ2) is 7.26. The second-order valence-corrected chi connectivity index (χ2v) is 4.45. The lowest BCUT2D eigenvalue weighted by atomic mass is 10.0. The zero-order valence-electron chi connectivity index (χ0n) is 11.1. The molecule has 3 nitrogen and oxygen atoms in total. The number of aliphatic hydroxyl groups is 1. The molecule has 2 aromatic rings. The Labute approximate surface area is 118 Å². The van der Waals surface area contributed by atoms with E-state index in [4.69, 9.17) is 5.21 Å². The lowest BCUT2D eigenvalue weighted by Gasteiger charge is -2.07. The molecule has 2 rings (SSSR count). The minimum absolute atomic E-state index is 0.268. The summed E-state index contributed by atoms with van der Waals surface area (Å²) in [5, 5.41) is 22.3. The van der Waals surface area contributed by atoms with Crippen molar-refractivity contribution in [2.45, 2.75) is 12.5 Å². The van der Waals surface area contributed by atoms with E-state index >= 15 is 0 Å². The first-order chi connectivity index (χ1) is 9.79. The number of hydrogen-bond donors (Lipinski definition) is 2. The fourth-order valence-electron chi connectivity index (χ4n) is 1.90. The Morgan fingerprint density at radius 1 is 1.00 bits per heavy atom. The smallest absolute Gasteiger partial charge is 0.0896 e. The van der Waals surface area contributed by atoms with E-state index in [1.807, 2.05) is 66.7 Å². The molecule has 102 valence electrons. The molecule has 0 aliphatic heterocycles. The van der Waals surface area contributed by atoms with Gasteiger partial charge in [-0.15, -0.1) is 0 Å². The van der Waals surface area contributed by atoms with Crippen LogP contribution >= 0.6 is 0 Å². The van der Waals surface area contributed by atoms with Gasteiger partial charge in [0.1, 0.15) is 0 Å². The molecule has 0 heterocycles. The zero-order chi connectivity index (χ0) is 14.2. The maximum absolute atomic E-state index is 9.99. The highest BCUT2D eigenvalue weighted by molar-refractivity contribution is 6.00. The Morgan fingerprint density at radius 2 is 1.60 bits per heavy atom. The molecule has 0 saturated heterocycles. The van der Waals surface area contributed by atoms with Crippen LogP contribution in [0.3, 0.4) is 0 Å². The fourth-order valence-corrected chi connectivity index (χ4v) is 1.90. The second-order valence-electron chi connectivity index (χ2n) is 4.45. The van der Waals surface area contributed by atoms with Gasteiger partial charge in [0.15, 0.2) is 0 Å². The molecule has 20 heavy (non-hydrogen) atoms. The van der Waals surface area contributed by atoms with Crippen LogP contribution in [-0.4, -0.2) is 22.1 Å². The third kappa shape index (κ3) is 4.07. The van der Waals surface area contributed by atoms with E-state index in [9.17, 15) is 5.11 Å². The fraction of sp³-hybridized carbons (Fsp3) is 0.118. The van der Waals surface area contributed by atoms with Gasteiger partial charge in [-0.3, -0.25) is 0 Å². The van der Waals surface area contributed by atoms with Crippen molar-refractivity contribution >= 4 is 11.8 Å². The Balaban J connectivity index is 2.00. The van der Waals surface area contributed by atoms with Gasteiger partial charge in [-0.05, 0) is 11.1 Å². The van der Waals surface area contributed by atoms with Crippen LogP contribution in [0.1, 0.15) is 17.5 Å². The third-order valence-corrected chi connectivity index (χ3v) is 2.94. The van der Waals surface area contributed by atoms with Gasteiger partial charge >= 0.3 is 0 Å². The van der Waals surface area contributed by atoms with Crippen molar-refractivity contribution in [1.29, 1.82) is 0 Å². The minimum Gasteiger partial charge on any atom is -0.411 e. The van der Waals surface area contributed by atoms with E-state index in [1.165, 1.54) is 0 Å². The summed E-state index contributed by atoms with van der Waals surface area (Å²) in [6.45, 7) is 0. The van der Waals surface area contributed by atoms with Gasteiger partial charge in [0, 0.05) is 6.42 Å². The number of nitrogens with zero attached hydrogens (tertiary/aromatic N) is 1. The Morgan fingerprint density at radius 3 is 2.20 bits per heavy atom. The van der Waals surface area contributed by atoms with E-state index in [0.29, 0.717) is 5.71 Å². The quantitative estimate of drug-likeness (QED) is 0.496. The van der Waals surface area contributed by atoms with Crippen molar-refractivity contribution < 1.29 is 10.3 Å². The van der Waals surface area contributed by atoms with Gasteiger partial charge in [-0.2, -0.15) is 0 Å². The van der Waals surface area contributed by atoms with E-state index in [0.717, 1.165) is 11.1 Å².